The van der Waals surface area contributed by atoms with Gasteiger partial charge in [0.25, 0.3) is 0 Å². The van der Waals surface area contributed by atoms with Crippen LogP contribution in [0.4, 0.5) is 8.78 Å². The molecule has 2 N–H and O–H groups in total. The van der Waals surface area contributed by atoms with E-state index in [-0.39, 0.29) is 18.0 Å². The first-order valence-electron chi connectivity index (χ1n) is 5.20. The largest absolute Gasteiger partial charge is 0.327 e. The maximum atomic E-state index is 13.6. The molecule has 0 aliphatic rings. The molecule has 0 heterocycles. The number of carbonyl (C=O) groups is 1. The van der Waals surface area contributed by atoms with E-state index < -0.39 is 23.0 Å². The number of hydrogen-bond donors (Lipinski definition) is 1. The van der Waals surface area contributed by atoms with Crippen LogP contribution in [-0.2, 0) is 0 Å². The van der Waals surface area contributed by atoms with E-state index in [9.17, 15) is 13.6 Å². The minimum atomic E-state index is -0.823. The van der Waals surface area contributed by atoms with Gasteiger partial charge in [0.05, 0.1) is 5.56 Å². The fourth-order valence-electron chi connectivity index (χ4n) is 1.40. The van der Waals surface area contributed by atoms with Gasteiger partial charge in [0.15, 0.2) is 5.78 Å². The molecule has 1 unspecified atom stereocenters. The summed E-state index contributed by atoms with van der Waals surface area (Å²) < 4.78 is 26.9. The van der Waals surface area contributed by atoms with Crippen LogP contribution in [0.2, 0.25) is 0 Å². The number of benzene rings is 1. The topological polar surface area (TPSA) is 43.1 Å². The Kier molecular flexibility index (Phi) is 4.12. The highest BCUT2D eigenvalue weighted by Crippen LogP contribution is 2.18. The molecule has 0 radical (unpaired) electrons. The van der Waals surface area contributed by atoms with E-state index in [4.69, 9.17) is 5.73 Å². The fraction of sp³-hybridized carbons (Fsp3) is 0.417. The summed E-state index contributed by atoms with van der Waals surface area (Å²) in [5.41, 5.74) is 5.37. The number of carbonyl (C=O) groups excluding carboxylic acids is 1. The average molecular weight is 227 g/mol. The summed E-state index contributed by atoms with van der Waals surface area (Å²) in [5.74, 6) is -2.18. The van der Waals surface area contributed by atoms with E-state index in [0.29, 0.717) is 6.42 Å². The molecule has 1 atom stereocenters. The van der Waals surface area contributed by atoms with Crippen molar-refractivity contribution >= 4 is 5.78 Å². The van der Waals surface area contributed by atoms with Crippen LogP contribution >= 0.6 is 0 Å². The Labute approximate surface area is 93.5 Å². The van der Waals surface area contributed by atoms with Crippen molar-refractivity contribution in [2.75, 3.05) is 0 Å². The van der Waals surface area contributed by atoms with Crippen molar-refractivity contribution in [2.24, 2.45) is 5.73 Å². The van der Waals surface area contributed by atoms with Gasteiger partial charge in [-0.1, -0.05) is 13.0 Å². The van der Waals surface area contributed by atoms with Crippen LogP contribution in [0, 0.1) is 18.6 Å². The van der Waals surface area contributed by atoms with E-state index in [2.05, 4.69) is 0 Å². The van der Waals surface area contributed by atoms with Gasteiger partial charge >= 0.3 is 0 Å². The van der Waals surface area contributed by atoms with Crippen molar-refractivity contribution in [3.8, 4) is 0 Å². The number of halogens is 2. The third-order valence-corrected chi connectivity index (χ3v) is 2.53. The van der Waals surface area contributed by atoms with Crippen LogP contribution in [0.15, 0.2) is 12.1 Å². The summed E-state index contributed by atoms with van der Waals surface area (Å²) in [4.78, 5) is 11.6. The molecule has 1 aromatic carbocycles. The Morgan fingerprint density at radius 1 is 1.44 bits per heavy atom. The lowest BCUT2D eigenvalue weighted by Gasteiger charge is -2.09. The molecular formula is C12H15F2NO. The van der Waals surface area contributed by atoms with Gasteiger partial charge in [0, 0.05) is 12.5 Å². The molecule has 0 amide bonds. The Balaban J connectivity index is 3.03. The fourth-order valence-corrected chi connectivity index (χ4v) is 1.40. The minimum absolute atomic E-state index is 0.0339. The zero-order chi connectivity index (χ0) is 12.3. The van der Waals surface area contributed by atoms with Gasteiger partial charge in [-0.05, 0) is 25.0 Å². The molecule has 0 saturated heterocycles. The van der Waals surface area contributed by atoms with Crippen molar-refractivity contribution in [2.45, 2.75) is 32.7 Å². The highest BCUT2D eigenvalue weighted by atomic mass is 19.1. The molecule has 0 fully saturated rings. The van der Waals surface area contributed by atoms with Crippen LogP contribution in [0.25, 0.3) is 0 Å². The molecule has 1 rings (SSSR count). The zero-order valence-electron chi connectivity index (χ0n) is 9.39. The molecule has 2 nitrogen and oxygen atoms in total. The maximum Gasteiger partial charge on any atom is 0.170 e. The lowest BCUT2D eigenvalue weighted by molar-refractivity contribution is 0.0965. The van der Waals surface area contributed by atoms with Crippen LogP contribution in [0.3, 0.4) is 0 Å². The molecule has 88 valence electrons. The van der Waals surface area contributed by atoms with Crippen molar-refractivity contribution in [1.29, 1.82) is 0 Å². The van der Waals surface area contributed by atoms with Crippen molar-refractivity contribution < 1.29 is 13.6 Å². The highest BCUT2D eigenvalue weighted by Gasteiger charge is 2.20. The molecule has 1 aromatic rings. The lowest BCUT2D eigenvalue weighted by Crippen LogP contribution is -2.23. The maximum absolute atomic E-state index is 13.6. The molecular weight excluding hydrogens is 212 g/mol. The SMILES string of the molecule is CCC(N)CC(=O)c1c(F)ccc(C)c1F. The van der Waals surface area contributed by atoms with E-state index in [1.807, 2.05) is 6.92 Å². The third-order valence-electron chi connectivity index (χ3n) is 2.53. The zero-order valence-corrected chi connectivity index (χ0v) is 9.39. The van der Waals surface area contributed by atoms with Crippen LogP contribution in [-0.4, -0.2) is 11.8 Å². The van der Waals surface area contributed by atoms with Crippen molar-refractivity contribution in [3.63, 3.8) is 0 Å². The van der Waals surface area contributed by atoms with E-state index in [1.165, 1.54) is 13.0 Å². The Morgan fingerprint density at radius 2 is 2.06 bits per heavy atom. The van der Waals surface area contributed by atoms with Crippen LogP contribution in [0.1, 0.15) is 35.7 Å². The first-order valence-corrected chi connectivity index (χ1v) is 5.20. The number of Topliss-reactive ketones (excluding diaryl/α,β-unsaturated/α-hetero) is 1. The number of hydrogen-bond acceptors (Lipinski definition) is 2. The predicted molar refractivity (Wildman–Crippen MR) is 58.3 cm³/mol. The van der Waals surface area contributed by atoms with Gasteiger partial charge in [-0.15, -0.1) is 0 Å². The highest BCUT2D eigenvalue weighted by molar-refractivity contribution is 5.97. The summed E-state index contributed by atoms with van der Waals surface area (Å²) in [7, 11) is 0. The average Bonchev–Trinajstić information content (AvgIpc) is 2.24. The van der Waals surface area contributed by atoms with Gasteiger partial charge in [-0.2, -0.15) is 0 Å². The number of aryl methyl sites for hydroxylation is 1. The summed E-state index contributed by atoms with van der Waals surface area (Å²) in [6.07, 6.45) is 0.564. The normalized spacial score (nSPS) is 12.6. The smallest absolute Gasteiger partial charge is 0.170 e. The molecule has 16 heavy (non-hydrogen) atoms. The quantitative estimate of drug-likeness (QED) is 0.803. The van der Waals surface area contributed by atoms with Gasteiger partial charge in [-0.25, -0.2) is 8.78 Å². The van der Waals surface area contributed by atoms with Crippen molar-refractivity contribution in [3.05, 3.63) is 34.9 Å². The molecule has 0 bridgehead atoms. The predicted octanol–water partition coefficient (Wildman–Crippen LogP) is 2.58. The molecule has 0 spiro atoms. The number of ketones is 1. The van der Waals surface area contributed by atoms with Crippen LogP contribution < -0.4 is 5.73 Å². The second kappa shape index (κ2) is 5.16. The Hall–Kier alpha value is -1.29. The van der Waals surface area contributed by atoms with Gasteiger partial charge in [0.1, 0.15) is 11.6 Å². The minimum Gasteiger partial charge on any atom is -0.327 e. The van der Waals surface area contributed by atoms with E-state index >= 15 is 0 Å². The monoisotopic (exact) mass is 227 g/mol. The van der Waals surface area contributed by atoms with E-state index in [0.717, 1.165) is 6.07 Å². The van der Waals surface area contributed by atoms with Gasteiger partial charge in [-0.3, -0.25) is 4.79 Å². The summed E-state index contributed by atoms with van der Waals surface area (Å²) >= 11 is 0. The molecule has 0 aromatic heterocycles. The number of nitrogens with two attached hydrogens (primary N) is 1. The summed E-state index contributed by atoms with van der Waals surface area (Å²) in [6, 6.07) is 2.05. The lowest BCUT2D eigenvalue weighted by atomic mass is 10.00. The summed E-state index contributed by atoms with van der Waals surface area (Å²) in [6.45, 7) is 3.31. The molecule has 0 aliphatic carbocycles. The second-order valence-electron chi connectivity index (χ2n) is 3.85. The molecule has 0 aliphatic heterocycles. The Bertz CT molecular complexity index is 404. The first-order chi connectivity index (χ1) is 7.47. The van der Waals surface area contributed by atoms with Crippen molar-refractivity contribution in [1.82, 2.24) is 0 Å². The standard InChI is InChI=1S/C12H15F2NO/c1-3-8(15)6-10(16)11-9(13)5-4-7(2)12(11)14/h4-5,8H,3,6,15H2,1-2H3. The summed E-state index contributed by atoms with van der Waals surface area (Å²) in [5, 5.41) is 0. The molecule has 0 saturated carbocycles. The number of rotatable bonds is 4. The third kappa shape index (κ3) is 2.64. The molecule has 4 heteroatoms. The first kappa shape index (κ1) is 12.8. The Morgan fingerprint density at radius 3 is 2.62 bits per heavy atom. The van der Waals surface area contributed by atoms with Gasteiger partial charge < -0.3 is 5.73 Å². The second-order valence-corrected chi connectivity index (χ2v) is 3.85. The van der Waals surface area contributed by atoms with Crippen LogP contribution in [0.5, 0.6) is 0 Å². The van der Waals surface area contributed by atoms with E-state index in [1.54, 1.807) is 0 Å². The van der Waals surface area contributed by atoms with Gasteiger partial charge in [0.2, 0.25) is 0 Å².